The van der Waals surface area contributed by atoms with Crippen LogP contribution in [0.5, 0.6) is 5.75 Å². The van der Waals surface area contributed by atoms with Crippen LogP contribution >= 0.6 is 12.8 Å². The number of carbonyl (C=O) groups excluding carboxylic acids is 2. The summed E-state index contributed by atoms with van der Waals surface area (Å²) in [5, 5.41) is 2.85. The molecule has 2 bridgehead atoms. The fourth-order valence-electron chi connectivity index (χ4n) is 4.60. The predicted octanol–water partition coefficient (Wildman–Crippen LogP) is 3.99. The highest BCUT2D eigenvalue weighted by Crippen LogP contribution is 2.62. The summed E-state index contributed by atoms with van der Waals surface area (Å²) in [5.41, 5.74) is 0.706. The first-order chi connectivity index (χ1) is 12.8. The van der Waals surface area contributed by atoms with Crippen molar-refractivity contribution in [3.63, 3.8) is 0 Å². The minimum absolute atomic E-state index is 0.0882. The van der Waals surface area contributed by atoms with Crippen LogP contribution in [0.15, 0.2) is 24.3 Å². The Balaban J connectivity index is 1.79. The third-order valence-corrected chi connectivity index (χ3v) is 6.76. The van der Waals surface area contributed by atoms with Gasteiger partial charge in [-0.3, -0.25) is 9.10 Å². The van der Waals surface area contributed by atoms with Crippen LogP contribution < -0.4 is 10.1 Å². The number of benzene rings is 1. The molecule has 4 unspecified atom stereocenters. The molecule has 27 heavy (non-hydrogen) atoms. The third kappa shape index (κ3) is 3.61. The van der Waals surface area contributed by atoms with Gasteiger partial charge in [0.05, 0.1) is 25.7 Å². The summed E-state index contributed by atoms with van der Waals surface area (Å²) < 4.78 is 11.9. The van der Waals surface area contributed by atoms with Crippen LogP contribution in [0.25, 0.3) is 0 Å². The third-order valence-electron chi connectivity index (χ3n) is 6.31. The number of methoxy groups -OCH3 is 1. The molecule has 3 aliphatic carbocycles. The molecule has 4 atom stereocenters. The zero-order valence-corrected chi connectivity index (χ0v) is 17.2. The van der Waals surface area contributed by atoms with E-state index in [2.05, 4.69) is 32.0 Å². The quantitative estimate of drug-likeness (QED) is 0.587. The second-order valence-corrected chi connectivity index (χ2v) is 8.38. The number of anilines is 1. The summed E-state index contributed by atoms with van der Waals surface area (Å²) >= 11 is 4.51. The maximum atomic E-state index is 12.9. The zero-order chi connectivity index (χ0) is 19.8. The smallest absolute Gasteiger partial charge is 0.331 e. The average molecular weight is 393 g/mol. The molecule has 0 radical (unpaired) electrons. The maximum absolute atomic E-state index is 12.9. The van der Waals surface area contributed by atoms with E-state index in [1.54, 1.807) is 32.2 Å². The molecule has 1 aromatic rings. The molecule has 4 rings (SSSR count). The minimum Gasteiger partial charge on any atom is -0.497 e. The van der Waals surface area contributed by atoms with Crippen molar-refractivity contribution in [3.05, 3.63) is 24.3 Å². The first-order valence-corrected chi connectivity index (χ1v) is 9.79. The molecule has 3 fully saturated rings. The van der Waals surface area contributed by atoms with Crippen molar-refractivity contribution in [3.8, 4) is 5.75 Å². The van der Waals surface area contributed by atoms with Gasteiger partial charge in [-0.15, -0.1) is 0 Å². The van der Waals surface area contributed by atoms with Gasteiger partial charge in [-0.25, -0.2) is 4.79 Å². The van der Waals surface area contributed by atoms with Crippen LogP contribution in [0, 0.1) is 23.2 Å². The maximum Gasteiger partial charge on any atom is 0.331 e. The molecule has 1 aromatic carbocycles. The monoisotopic (exact) mass is 392 g/mol. The Morgan fingerprint density at radius 1 is 1.33 bits per heavy atom. The van der Waals surface area contributed by atoms with Crippen LogP contribution in [0.2, 0.25) is 0 Å². The van der Waals surface area contributed by atoms with Crippen LogP contribution in [-0.2, 0) is 9.53 Å². The fraction of sp³-hybridized carbons (Fsp3) is 0.600. The number of ether oxygens (including phenoxy) is 2. The van der Waals surface area contributed by atoms with Crippen molar-refractivity contribution >= 4 is 30.5 Å². The standard InChI is InChI=1S/C20H28N2O4S/c1-5-26-18(23)15-9-12-10-16(20(12,2)3)17(15)22(27)19(24)21-13-7-6-8-14(11-13)25-4/h6-8,11-12,15-17,27H,5,9-10H2,1-4H3,(H,21,24). The SMILES string of the molecule is CCOC(=O)C1CC2CC(C1N(S)C(=O)Nc1cccc(OC)c1)C2(C)C. The number of nitrogens with one attached hydrogen (secondary N) is 1. The van der Waals surface area contributed by atoms with Gasteiger partial charge in [0.2, 0.25) is 0 Å². The Kier molecular flexibility index (Phi) is 5.60. The van der Waals surface area contributed by atoms with E-state index < -0.39 is 0 Å². The fourth-order valence-corrected chi connectivity index (χ4v) is 4.98. The van der Waals surface area contributed by atoms with Gasteiger partial charge in [-0.2, -0.15) is 0 Å². The summed E-state index contributed by atoms with van der Waals surface area (Å²) in [6.07, 6.45) is 1.74. The second-order valence-electron chi connectivity index (χ2n) is 7.95. The molecule has 3 saturated carbocycles. The van der Waals surface area contributed by atoms with Gasteiger partial charge in [-0.05, 0) is 49.1 Å². The normalized spacial score (nSPS) is 27.9. The van der Waals surface area contributed by atoms with Gasteiger partial charge >= 0.3 is 12.0 Å². The summed E-state index contributed by atoms with van der Waals surface area (Å²) in [6, 6.07) is 6.49. The summed E-state index contributed by atoms with van der Waals surface area (Å²) in [6.45, 7) is 6.56. The highest BCUT2D eigenvalue weighted by molar-refractivity contribution is 7.78. The van der Waals surface area contributed by atoms with E-state index in [0.29, 0.717) is 24.0 Å². The molecule has 0 aromatic heterocycles. The highest BCUT2D eigenvalue weighted by Gasteiger charge is 2.61. The Hall–Kier alpha value is -1.89. The molecule has 0 spiro atoms. The van der Waals surface area contributed by atoms with E-state index in [-0.39, 0.29) is 35.3 Å². The van der Waals surface area contributed by atoms with E-state index >= 15 is 0 Å². The van der Waals surface area contributed by atoms with E-state index in [1.807, 2.05) is 6.07 Å². The Morgan fingerprint density at radius 3 is 2.70 bits per heavy atom. The topological polar surface area (TPSA) is 67.9 Å². The molecule has 6 nitrogen and oxygen atoms in total. The number of rotatable bonds is 5. The molecule has 0 saturated heterocycles. The van der Waals surface area contributed by atoms with Gasteiger partial charge in [-0.1, -0.05) is 32.7 Å². The number of esters is 1. The molecular formula is C20H28N2O4S. The molecule has 0 heterocycles. The summed E-state index contributed by atoms with van der Waals surface area (Å²) in [4.78, 5) is 25.4. The number of fused-ring (bicyclic) bond motifs is 2. The van der Waals surface area contributed by atoms with E-state index in [9.17, 15) is 9.59 Å². The van der Waals surface area contributed by atoms with Crippen molar-refractivity contribution in [2.24, 2.45) is 23.2 Å². The van der Waals surface area contributed by atoms with Gasteiger partial charge < -0.3 is 14.8 Å². The molecule has 3 aliphatic rings. The number of hydrogen-bond acceptors (Lipinski definition) is 5. The Morgan fingerprint density at radius 2 is 2.07 bits per heavy atom. The van der Waals surface area contributed by atoms with Gasteiger partial charge in [0.15, 0.2) is 0 Å². The lowest BCUT2D eigenvalue weighted by molar-refractivity contribution is -0.170. The van der Waals surface area contributed by atoms with Gasteiger partial charge in [0.1, 0.15) is 5.75 Å². The predicted molar refractivity (Wildman–Crippen MR) is 107 cm³/mol. The van der Waals surface area contributed by atoms with Crippen molar-refractivity contribution in [2.75, 3.05) is 19.0 Å². The van der Waals surface area contributed by atoms with Crippen LogP contribution in [0.4, 0.5) is 10.5 Å². The molecule has 0 aliphatic heterocycles. The largest absolute Gasteiger partial charge is 0.497 e. The van der Waals surface area contributed by atoms with E-state index in [4.69, 9.17) is 9.47 Å². The molecule has 148 valence electrons. The molecular weight excluding hydrogens is 364 g/mol. The first kappa shape index (κ1) is 19.9. The Labute approximate surface area is 166 Å². The van der Waals surface area contributed by atoms with Crippen LogP contribution in [0.1, 0.15) is 33.6 Å². The van der Waals surface area contributed by atoms with E-state index in [0.717, 1.165) is 12.8 Å². The van der Waals surface area contributed by atoms with Crippen molar-refractivity contribution < 1.29 is 19.1 Å². The number of hydrogen-bond donors (Lipinski definition) is 2. The lowest BCUT2D eigenvalue weighted by Gasteiger charge is -2.62. The van der Waals surface area contributed by atoms with Crippen molar-refractivity contribution in [2.45, 2.75) is 39.7 Å². The first-order valence-electron chi connectivity index (χ1n) is 9.39. The number of thiol groups is 1. The summed E-state index contributed by atoms with van der Waals surface area (Å²) in [7, 11) is 1.58. The second kappa shape index (κ2) is 7.62. The Bertz CT molecular complexity index is 724. The van der Waals surface area contributed by atoms with Crippen LogP contribution in [-0.4, -0.2) is 36.1 Å². The number of carbonyl (C=O) groups is 2. The van der Waals surface area contributed by atoms with Gasteiger partial charge in [0, 0.05) is 11.8 Å². The number of amides is 2. The number of urea groups is 1. The molecule has 1 N–H and O–H groups in total. The van der Waals surface area contributed by atoms with Crippen molar-refractivity contribution in [1.82, 2.24) is 4.31 Å². The average Bonchev–Trinajstić information content (AvgIpc) is 2.66. The minimum atomic E-state index is -0.355. The molecule has 2 amide bonds. The highest BCUT2D eigenvalue weighted by atomic mass is 32.1. The molecule has 7 heteroatoms. The van der Waals surface area contributed by atoms with Crippen molar-refractivity contribution in [1.29, 1.82) is 0 Å². The number of nitrogens with zero attached hydrogens (tertiary/aromatic N) is 1. The van der Waals surface area contributed by atoms with Gasteiger partial charge in [0.25, 0.3) is 0 Å². The van der Waals surface area contributed by atoms with Crippen LogP contribution in [0.3, 0.4) is 0 Å². The zero-order valence-electron chi connectivity index (χ0n) is 16.3. The lowest BCUT2D eigenvalue weighted by Crippen LogP contribution is -2.64. The lowest BCUT2D eigenvalue weighted by atomic mass is 9.45. The summed E-state index contributed by atoms with van der Waals surface area (Å²) in [5.74, 6) is 0.787. The van der Waals surface area contributed by atoms with E-state index in [1.165, 1.54) is 4.31 Å².